The maximum atomic E-state index is 11.3. The fraction of sp³-hybridized carbons (Fsp3) is 0.750. The average Bonchev–Trinajstić information content (AvgIpc) is 2.88. The van der Waals surface area contributed by atoms with Gasteiger partial charge in [0, 0.05) is 5.57 Å². The van der Waals surface area contributed by atoms with Crippen molar-refractivity contribution in [2.24, 2.45) is 28.6 Å². The van der Waals surface area contributed by atoms with E-state index in [0.29, 0.717) is 11.0 Å². The molecule has 4 aliphatic rings. The molecule has 120 valence electrons. The summed E-state index contributed by atoms with van der Waals surface area (Å²) in [5.74, 6) is 1.80. The number of aliphatic carboxylic acids is 1. The third-order valence-electron chi connectivity index (χ3n) is 7.82. The van der Waals surface area contributed by atoms with Gasteiger partial charge in [-0.1, -0.05) is 26.3 Å². The van der Waals surface area contributed by atoms with E-state index in [0.717, 1.165) is 30.6 Å². The standard InChI is InChI=1S/C20H28O2/c1-19-9-3-4-16(19)15-6-5-14-12-13(18(21)22)7-11-20(14,2)17(15)8-10-19/h5,12,15-17H,3-4,6-11H2,1-2H3,(H,21,22)/t15-,16?,17-,19+,20+/m1/s1. The highest BCUT2D eigenvalue weighted by Crippen LogP contribution is 2.64. The van der Waals surface area contributed by atoms with Crippen LogP contribution in [0.4, 0.5) is 0 Å². The summed E-state index contributed by atoms with van der Waals surface area (Å²) < 4.78 is 0. The molecular formula is C20H28O2. The fourth-order valence-corrected chi connectivity index (χ4v) is 6.49. The number of fused-ring (bicyclic) bond motifs is 5. The Labute approximate surface area is 133 Å². The summed E-state index contributed by atoms with van der Waals surface area (Å²) >= 11 is 0. The highest BCUT2D eigenvalue weighted by atomic mass is 16.4. The Hall–Kier alpha value is -1.05. The van der Waals surface area contributed by atoms with E-state index in [2.05, 4.69) is 19.9 Å². The largest absolute Gasteiger partial charge is 0.478 e. The summed E-state index contributed by atoms with van der Waals surface area (Å²) in [7, 11) is 0. The maximum absolute atomic E-state index is 11.3. The van der Waals surface area contributed by atoms with Crippen molar-refractivity contribution in [1.29, 1.82) is 0 Å². The molecule has 2 heteroatoms. The minimum absolute atomic E-state index is 0.228. The van der Waals surface area contributed by atoms with Crippen LogP contribution >= 0.6 is 0 Å². The number of carbonyl (C=O) groups is 1. The number of rotatable bonds is 1. The molecule has 0 heterocycles. The van der Waals surface area contributed by atoms with E-state index >= 15 is 0 Å². The van der Waals surface area contributed by atoms with E-state index in [1.54, 1.807) is 0 Å². The third-order valence-corrected chi connectivity index (χ3v) is 7.82. The number of hydrogen-bond donors (Lipinski definition) is 1. The molecule has 0 bridgehead atoms. The Morgan fingerprint density at radius 3 is 2.77 bits per heavy atom. The van der Waals surface area contributed by atoms with Crippen molar-refractivity contribution >= 4 is 5.97 Å². The zero-order chi connectivity index (χ0) is 15.5. The predicted octanol–water partition coefficient (Wildman–Crippen LogP) is 4.96. The van der Waals surface area contributed by atoms with Crippen LogP contribution in [0, 0.1) is 28.6 Å². The first-order valence-corrected chi connectivity index (χ1v) is 9.08. The lowest BCUT2D eigenvalue weighted by molar-refractivity contribution is -0.133. The fourth-order valence-electron chi connectivity index (χ4n) is 6.49. The van der Waals surface area contributed by atoms with Crippen molar-refractivity contribution in [3.05, 3.63) is 23.3 Å². The molecule has 22 heavy (non-hydrogen) atoms. The monoisotopic (exact) mass is 300 g/mol. The van der Waals surface area contributed by atoms with Crippen molar-refractivity contribution in [3.63, 3.8) is 0 Å². The molecule has 0 aromatic rings. The highest BCUT2D eigenvalue weighted by Gasteiger charge is 2.55. The van der Waals surface area contributed by atoms with Crippen LogP contribution in [0.25, 0.3) is 0 Å². The molecule has 0 aromatic carbocycles. The molecule has 0 saturated heterocycles. The SMILES string of the molecule is C[C@@]12CCCC1[C@H]1CC=C3C=C(C(=O)O)CC[C@]3(C)[C@@H]1CC2. The molecule has 2 nitrogen and oxygen atoms in total. The minimum Gasteiger partial charge on any atom is -0.478 e. The molecule has 4 aliphatic carbocycles. The van der Waals surface area contributed by atoms with Crippen LogP contribution in [0.2, 0.25) is 0 Å². The van der Waals surface area contributed by atoms with Crippen molar-refractivity contribution in [3.8, 4) is 0 Å². The average molecular weight is 300 g/mol. The van der Waals surface area contributed by atoms with E-state index in [-0.39, 0.29) is 5.41 Å². The van der Waals surface area contributed by atoms with E-state index in [9.17, 15) is 9.90 Å². The molecular weight excluding hydrogens is 272 g/mol. The van der Waals surface area contributed by atoms with Gasteiger partial charge in [0.25, 0.3) is 0 Å². The van der Waals surface area contributed by atoms with Crippen LogP contribution in [0.5, 0.6) is 0 Å². The second-order valence-corrected chi connectivity index (χ2v) is 8.75. The van der Waals surface area contributed by atoms with Gasteiger partial charge in [0.05, 0.1) is 0 Å². The Morgan fingerprint density at radius 2 is 2.00 bits per heavy atom. The number of hydrogen-bond acceptors (Lipinski definition) is 1. The molecule has 2 saturated carbocycles. The molecule has 0 amide bonds. The van der Waals surface area contributed by atoms with Gasteiger partial charge in [-0.05, 0) is 85.2 Å². The predicted molar refractivity (Wildman–Crippen MR) is 87.4 cm³/mol. The lowest BCUT2D eigenvalue weighted by Crippen LogP contribution is -2.48. The van der Waals surface area contributed by atoms with Gasteiger partial charge in [-0.15, -0.1) is 0 Å². The van der Waals surface area contributed by atoms with Crippen molar-refractivity contribution in [2.75, 3.05) is 0 Å². The molecule has 0 aromatic heterocycles. The normalized spacial score (nSPS) is 46.9. The van der Waals surface area contributed by atoms with Crippen LogP contribution < -0.4 is 0 Å². The lowest BCUT2D eigenvalue weighted by Gasteiger charge is -2.56. The molecule has 2 fully saturated rings. The summed E-state index contributed by atoms with van der Waals surface area (Å²) in [6.45, 7) is 4.95. The van der Waals surface area contributed by atoms with Gasteiger partial charge in [0.15, 0.2) is 0 Å². The zero-order valence-electron chi connectivity index (χ0n) is 13.9. The quantitative estimate of drug-likeness (QED) is 0.743. The molecule has 4 rings (SSSR count). The number of carboxylic acid groups (broad SMARTS) is 1. The van der Waals surface area contributed by atoms with Gasteiger partial charge < -0.3 is 5.11 Å². The molecule has 0 aliphatic heterocycles. The van der Waals surface area contributed by atoms with Crippen LogP contribution in [0.3, 0.4) is 0 Å². The Morgan fingerprint density at radius 1 is 1.18 bits per heavy atom. The van der Waals surface area contributed by atoms with Crippen LogP contribution in [-0.2, 0) is 4.79 Å². The van der Waals surface area contributed by atoms with Gasteiger partial charge in [-0.2, -0.15) is 0 Å². The van der Waals surface area contributed by atoms with E-state index < -0.39 is 5.97 Å². The second-order valence-electron chi connectivity index (χ2n) is 8.75. The first kappa shape index (κ1) is 14.5. The summed E-state index contributed by atoms with van der Waals surface area (Å²) in [5.41, 5.74) is 2.77. The van der Waals surface area contributed by atoms with Gasteiger partial charge in [-0.25, -0.2) is 4.79 Å². The second kappa shape index (κ2) is 4.72. The first-order chi connectivity index (χ1) is 10.4. The van der Waals surface area contributed by atoms with Crippen molar-refractivity contribution in [2.45, 2.75) is 65.2 Å². The third kappa shape index (κ3) is 1.88. The molecule has 0 spiro atoms. The Bertz CT molecular complexity index is 572. The zero-order valence-corrected chi connectivity index (χ0v) is 13.9. The van der Waals surface area contributed by atoms with Crippen LogP contribution in [-0.4, -0.2) is 11.1 Å². The number of carboxylic acids is 1. The van der Waals surface area contributed by atoms with E-state index in [1.807, 2.05) is 6.08 Å². The summed E-state index contributed by atoms with van der Waals surface area (Å²) in [4.78, 5) is 11.3. The molecule has 1 unspecified atom stereocenters. The topological polar surface area (TPSA) is 37.3 Å². The first-order valence-electron chi connectivity index (χ1n) is 9.08. The Kier molecular flexibility index (Phi) is 3.12. The number of allylic oxidation sites excluding steroid dienone is 3. The van der Waals surface area contributed by atoms with Crippen LogP contribution in [0.15, 0.2) is 23.3 Å². The van der Waals surface area contributed by atoms with Crippen molar-refractivity contribution < 1.29 is 9.90 Å². The smallest absolute Gasteiger partial charge is 0.331 e. The Balaban J connectivity index is 1.70. The van der Waals surface area contributed by atoms with Crippen molar-refractivity contribution in [1.82, 2.24) is 0 Å². The summed E-state index contributed by atoms with van der Waals surface area (Å²) in [6.07, 6.45) is 14.4. The van der Waals surface area contributed by atoms with Gasteiger partial charge in [0.2, 0.25) is 0 Å². The molecule has 1 N–H and O–H groups in total. The van der Waals surface area contributed by atoms with Gasteiger partial charge >= 0.3 is 5.97 Å². The van der Waals surface area contributed by atoms with Crippen LogP contribution in [0.1, 0.15) is 65.2 Å². The van der Waals surface area contributed by atoms with E-state index in [4.69, 9.17) is 0 Å². The molecule has 5 atom stereocenters. The van der Waals surface area contributed by atoms with Gasteiger partial charge in [-0.3, -0.25) is 0 Å². The molecule has 0 radical (unpaired) electrons. The minimum atomic E-state index is -0.725. The highest BCUT2D eigenvalue weighted by molar-refractivity contribution is 5.87. The van der Waals surface area contributed by atoms with Gasteiger partial charge in [0.1, 0.15) is 0 Å². The summed E-state index contributed by atoms with van der Waals surface area (Å²) in [6, 6.07) is 0. The summed E-state index contributed by atoms with van der Waals surface area (Å²) in [5, 5.41) is 9.31. The van der Waals surface area contributed by atoms with E-state index in [1.165, 1.54) is 44.1 Å². The maximum Gasteiger partial charge on any atom is 0.331 e. The lowest BCUT2D eigenvalue weighted by atomic mass is 9.48.